The van der Waals surface area contributed by atoms with Crippen LogP contribution in [-0.2, 0) is 18.7 Å². The number of cyclic esters (lactones) is 1. The Balaban J connectivity index is 1.89. The van der Waals surface area contributed by atoms with E-state index in [4.69, 9.17) is 13.9 Å². The Morgan fingerprint density at radius 2 is 2.05 bits per heavy atom. The fourth-order valence-corrected chi connectivity index (χ4v) is 3.43. The van der Waals surface area contributed by atoms with E-state index >= 15 is 0 Å². The van der Waals surface area contributed by atoms with Crippen LogP contribution in [0, 0.1) is 5.92 Å². The first-order valence-corrected chi connectivity index (χ1v) is 10.4. The van der Waals surface area contributed by atoms with E-state index in [1.165, 1.54) is 0 Å². The minimum absolute atomic E-state index is 0.0870. The zero-order chi connectivity index (χ0) is 15.3. The molecule has 0 aromatic carbocycles. The van der Waals surface area contributed by atoms with Crippen LogP contribution in [-0.4, -0.2) is 38.7 Å². The van der Waals surface area contributed by atoms with Crippen molar-refractivity contribution in [3.05, 3.63) is 0 Å². The monoisotopic (exact) mass is 300 g/mol. The van der Waals surface area contributed by atoms with Gasteiger partial charge >= 0.3 is 5.97 Å². The second kappa shape index (κ2) is 4.82. The lowest BCUT2D eigenvalue weighted by molar-refractivity contribution is -0.156. The van der Waals surface area contributed by atoms with Gasteiger partial charge in [0.15, 0.2) is 14.4 Å². The summed E-state index contributed by atoms with van der Waals surface area (Å²) in [5, 5.41) is 0.201. The molecule has 2 rings (SSSR count). The third kappa shape index (κ3) is 2.94. The Kier molecular flexibility index (Phi) is 3.85. The highest BCUT2D eigenvalue weighted by Gasteiger charge is 2.63. The van der Waals surface area contributed by atoms with E-state index in [1.54, 1.807) is 0 Å². The van der Waals surface area contributed by atoms with Crippen LogP contribution in [0.15, 0.2) is 0 Å². The molecule has 0 unspecified atom stereocenters. The molecule has 20 heavy (non-hydrogen) atoms. The van der Waals surface area contributed by atoms with Crippen LogP contribution in [0.1, 0.15) is 41.0 Å². The van der Waals surface area contributed by atoms with Gasteiger partial charge in [0.05, 0.1) is 0 Å². The Morgan fingerprint density at radius 3 is 2.55 bits per heavy atom. The highest BCUT2D eigenvalue weighted by Crippen LogP contribution is 2.46. The molecule has 0 saturated carbocycles. The van der Waals surface area contributed by atoms with Gasteiger partial charge in [-0.05, 0) is 25.1 Å². The first kappa shape index (κ1) is 16.0. The van der Waals surface area contributed by atoms with E-state index in [0.717, 1.165) is 6.42 Å². The zero-order valence-corrected chi connectivity index (χ0v) is 14.8. The molecule has 0 aromatic rings. The van der Waals surface area contributed by atoms with Gasteiger partial charge in [-0.1, -0.05) is 27.7 Å². The summed E-state index contributed by atoms with van der Waals surface area (Å²) >= 11 is 0. The average Bonchev–Trinajstić information content (AvgIpc) is 2.97. The van der Waals surface area contributed by atoms with Crippen molar-refractivity contribution >= 4 is 14.3 Å². The highest BCUT2D eigenvalue weighted by atomic mass is 28.4. The van der Waals surface area contributed by atoms with Crippen molar-refractivity contribution in [1.82, 2.24) is 0 Å². The van der Waals surface area contributed by atoms with Crippen molar-refractivity contribution in [2.24, 2.45) is 5.92 Å². The third-order valence-corrected chi connectivity index (χ3v) is 9.62. The molecule has 2 heterocycles. The summed E-state index contributed by atoms with van der Waals surface area (Å²) in [6.07, 6.45) is 0.370. The van der Waals surface area contributed by atoms with Crippen LogP contribution in [0.4, 0.5) is 0 Å². The Hall–Kier alpha value is -0.393. The van der Waals surface area contributed by atoms with Crippen LogP contribution in [0.5, 0.6) is 0 Å². The number of fused-ring (bicyclic) bond motifs is 1. The molecular formula is C15H28O4Si. The molecule has 0 aliphatic carbocycles. The second-order valence-electron chi connectivity index (χ2n) is 8.04. The lowest BCUT2D eigenvalue weighted by atomic mass is 9.90. The number of hydrogen-bond donors (Lipinski definition) is 0. The summed E-state index contributed by atoms with van der Waals surface area (Å²) in [6, 6.07) is 0. The van der Waals surface area contributed by atoms with Gasteiger partial charge in [0.1, 0.15) is 11.7 Å². The fourth-order valence-electron chi connectivity index (χ4n) is 2.32. The first-order valence-electron chi connectivity index (χ1n) is 7.48. The molecule has 2 aliphatic heterocycles. The minimum Gasteiger partial charge on any atom is -0.460 e. The molecule has 5 heteroatoms. The van der Waals surface area contributed by atoms with Crippen LogP contribution in [0.25, 0.3) is 0 Å². The number of esters is 1. The average molecular weight is 300 g/mol. The SMILES string of the molecule is C[C@@H](CO[Si](C)(C)C(C)(C)C)[C@@H]1C[C@@]2(C)O[C@H]2C(=O)O1. The topological polar surface area (TPSA) is 48.1 Å². The van der Waals surface area contributed by atoms with Crippen molar-refractivity contribution < 1.29 is 18.7 Å². The molecule has 0 N–H and O–H groups in total. The Bertz CT molecular complexity index is 401. The molecule has 4 nitrogen and oxygen atoms in total. The van der Waals surface area contributed by atoms with Gasteiger partial charge in [0.25, 0.3) is 0 Å². The molecule has 2 aliphatic rings. The zero-order valence-electron chi connectivity index (χ0n) is 13.8. The second-order valence-corrected chi connectivity index (χ2v) is 12.8. The van der Waals surface area contributed by atoms with Gasteiger partial charge in [-0.3, -0.25) is 0 Å². The highest BCUT2D eigenvalue weighted by molar-refractivity contribution is 6.74. The number of rotatable bonds is 4. The largest absolute Gasteiger partial charge is 0.460 e. The lowest BCUT2D eigenvalue weighted by Crippen LogP contribution is -2.45. The van der Waals surface area contributed by atoms with Gasteiger partial charge in [-0.15, -0.1) is 0 Å². The van der Waals surface area contributed by atoms with Crippen LogP contribution < -0.4 is 0 Å². The van der Waals surface area contributed by atoms with Crippen LogP contribution >= 0.6 is 0 Å². The number of epoxide rings is 1. The minimum atomic E-state index is -1.75. The van der Waals surface area contributed by atoms with Crippen LogP contribution in [0.3, 0.4) is 0 Å². The maximum atomic E-state index is 11.7. The molecule has 0 bridgehead atoms. The summed E-state index contributed by atoms with van der Waals surface area (Å²) in [5.41, 5.74) is -0.286. The number of hydrogen-bond acceptors (Lipinski definition) is 4. The Labute approximate surface area is 123 Å². The number of ether oxygens (including phenoxy) is 2. The van der Waals surface area contributed by atoms with Gasteiger partial charge in [0, 0.05) is 18.9 Å². The van der Waals surface area contributed by atoms with Gasteiger partial charge in [-0.2, -0.15) is 0 Å². The van der Waals surface area contributed by atoms with Gasteiger partial charge in [-0.25, -0.2) is 4.79 Å². The predicted octanol–water partition coefficient (Wildman–Crippen LogP) is 3.12. The number of carbonyl (C=O) groups excluding carboxylic acids is 1. The number of carbonyl (C=O) groups is 1. The molecule has 0 amide bonds. The lowest BCUT2D eigenvalue weighted by Gasteiger charge is -2.38. The van der Waals surface area contributed by atoms with E-state index in [0.29, 0.717) is 6.61 Å². The maximum absolute atomic E-state index is 11.7. The van der Waals surface area contributed by atoms with E-state index in [9.17, 15) is 4.79 Å². The van der Waals surface area contributed by atoms with Crippen molar-refractivity contribution in [3.8, 4) is 0 Å². The molecule has 0 spiro atoms. The standard InChI is InChI=1S/C15H28O4Si/c1-10(9-17-20(6,7)14(2,3)4)11-8-15(5)12(19-15)13(16)18-11/h10-12H,8-9H2,1-7H3/t10-,11-,12-,15+/m0/s1. The van der Waals surface area contributed by atoms with E-state index in [2.05, 4.69) is 40.8 Å². The van der Waals surface area contributed by atoms with Crippen LogP contribution in [0.2, 0.25) is 18.1 Å². The van der Waals surface area contributed by atoms with Gasteiger partial charge in [0.2, 0.25) is 0 Å². The van der Waals surface area contributed by atoms with Gasteiger partial charge < -0.3 is 13.9 Å². The first-order chi connectivity index (χ1) is 8.96. The van der Waals surface area contributed by atoms with Crippen molar-refractivity contribution in [2.45, 2.75) is 77.0 Å². The molecule has 2 fully saturated rings. The summed E-state index contributed by atoms with van der Waals surface area (Å²) in [4.78, 5) is 11.7. The quantitative estimate of drug-likeness (QED) is 0.455. The van der Waals surface area contributed by atoms with E-state index in [1.807, 2.05) is 6.92 Å². The molecule has 0 aromatic heterocycles. The predicted molar refractivity (Wildman–Crippen MR) is 80.1 cm³/mol. The summed E-state index contributed by atoms with van der Waals surface area (Å²) in [5.74, 6) is -0.00187. The fraction of sp³-hybridized carbons (Fsp3) is 0.933. The summed E-state index contributed by atoms with van der Waals surface area (Å²) < 4.78 is 17.2. The molecular weight excluding hydrogens is 272 g/mol. The smallest absolute Gasteiger partial charge is 0.338 e. The molecule has 0 radical (unpaired) electrons. The van der Waals surface area contributed by atoms with Crippen molar-refractivity contribution in [2.75, 3.05) is 6.61 Å². The van der Waals surface area contributed by atoms with E-state index < -0.39 is 8.32 Å². The normalized spacial score (nSPS) is 35.2. The molecule has 116 valence electrons. The Morgan fingerprint density at radius 1 is 1.45 bits per heavy atom. The van der Waals surface area contributed by atoms with Crippen molar-refractivity contribution in [1.29, 1.82) is 0 Å². The van der Waals surface area contributed by atoms with E-state index in [-0.39, 0.29) is 34.7 Å². The molecule has 4 atom stereocenters. The third-order valence-electron chi connectivity index (χ3n) is 5.12. The van der Waals surface area contributed by atoms with Crippen molar-refractivity contribution in [3.63, 3.8) is 0 Å². The summed E-state index contributed by atoms with van der Waals surface area (Å²) in [7, 11) is -1.75. The molecule has 2 saturated heterocycles. The maximum Gasteiger partial charge on any atom is 0.338 e. The summed E-state index contributed by atoms with van der Waals surface area (Å²) in [6.45, 7) is 15.9.